The fourth-order valence-electron chi connectivity index (χ4n) is 3.16. The summed E-state index contributed by atoms with van der Waals surface area (Å²) in [5.41, 5.74) is 1.21. The minimum Gasteiger partial charge on any atom is -0.441 e. The van der Waals surface area contributed by atoms with Crippen LogP contribution in [0.2, 0.25) is 0 Å². The van der Waals surface area contributed by atoms with Crippen LogP contribution >= 0.6 is 0 Å². The molecular weight excluding hydrogens is 194 g/mol. The molecule has 82 valence electrons. The summed E-state index contributed by atoms with van der Waals surface area (Å²) >= 11 is 0. The van der Waals surface area contributed by atoms with Crippen LogP contribution in [0.1, 0.15) is 19.8 Å². The molecule has 0 bridgehead atoms. The van der Waals surface area contributed by atoms with Gasteiger partial charge < -0.3 is 9.84 Å². The zero-order chi connectivity index (χ0) is 10.6. The van der Waals surface area contributed by atoms with Gasteiger partial charge in [-0.25, -0.2) is 4.79 Å². The van der Waals surface area contributed by atoms with Crippen molar-refractivity contribution in [2.75, 3.05) is 6.54 Å². The first-order valence-electron chi connectivity index (χ1n) is 5.59. The van der Waals surface area contributed by atoms with Gasteiger partial charge in [0.15, 0.2) is 6.10 Å². The first-order valence-corrected chi connectivity index (χ1v) is 5.59. The highest BCUT2D eigenvalue weighted by Gasteiger charge is 2.56. The van der Waals surface area contributed by atoms with E-state index in [2.05, 4.69) is 13.0 Å². The van der Waals surface area contributed by atoms with Crippen LogP contribution in [-0.2, 0) is 4.74 Å². The van der Waals surface area contributed by atoms with Crippen molar-refractivity contribution in [1.82, 2.24) is 4.90 Å². The van der Waals surface area contributed by atoms with Gasteiger partial charge in [-0.15, -0.1) is 0 Å². The fraction of sp³-hybridized carbons (Fsp3) is 0.727. The second-order valence-electron chi connectivity index (χ2n) is 4.48. The highest BCUT2D eigenvalue weighted by molar-refractivity contribution is 5.73. The molecule has 2 fully saturated rings. The molecule has 0 unspecified atom stereocenters. The first-order chi connectivity index (χ1) is 7.24. The van der Waals surface area contributed by atoms with Crippen LogP contribution in [0.15, 0.2) is 11.6 Å². The molecule has 15 heavy (non-hydrogen) atoms. The number of rotatable bonds is 1. The summed E-state index contributed by atoms with van der Waals surface area (Å²) < 4.78 is 5.24. The lowest BCUT2D eigenvalue weighted by atomic mass is 9.94. The molecule has 4 heteroatoms. The molecule has 0 aromatic rings. The van der Waals surface area contributed by atoms with E-state index in [0.29, 0.717) is 0 Å². The molecule has 0 aromatic carbocycles. The molecule has 0 spiro atoms. The maximum atomic E-state index is 11.5. The van der Waals surface area contributed by atoms with Crippen LogP contribution in [-0.4, -0.2) is 40.9 Å². The molecule has 1 saturated carbocycles. The molecule has 4 nitrogen and oxygen atoms in total. The van der Waals surface area contributed by atoms with Gasteiger partial charge in [-0.2, -0.15) is 0 Å². The van der Waals surface area contributed by atoms with Gasteiger partial charge in [-0.1, -0.05) is 13.0 Å². The van der Waals surface area contributed by atoms with Gasteiger partial charge in [0, 0.05) is 12.5 Å². The van der Waals surface area contributed by atoms with Gasteiger partial charge in [0.1, 0.15) is 0 Å². The van der Waals surface area contributed by atoms with E-state index in [9.17, 15) is 9.90 Å². The van der Waals surface area contributed by atoms with Crippen molar-refractivity contribution in [1.29, 1.82) is 0 Å². The lowest BCUT2D eigenvalue weighted by molar-refractivity contribution is 0.0218. The largest absolute Gasteiger partial charge is 0.441 e. The Labute approximate surface area is 88.5 Å². The van der Waals surface area contributed by atoms with E-state index in [-0.39, 0.29) is 24.2 Å². The number of aliphatic hydroxyl groups is 1. The normalized spacial score (nSPS) is 42.7. The molecule has 2 heterocycles. The Bertz CT molecular complexity index is 339. The quantitative estimate of drug-likeness (QED) is 0.653. The van der Waals surface area contributed by atoms with Crippen molar-refractivity contribution in [2.45, 2.75) is 38.0 Å². The van der Waals surface area contributed by atoms with E-state index in [0.717, 1.165) is 19.4 Å². The lowest BCUT2D eigenvalue weighted by Gasteiger charge is -2.27. The second-order valence-corrected chi connectivity index (χ2v) is 4.48. The van der Waals surface area contributed by atoms with Crippen LogP contribution in [0.4, 0.5) is 4.79 Å². The number of ether oxygens (including phenoxy) is 1. The molecule has 1 aliphatic carbocycles. The molecule has 0 aromatic heterocycles. The summed E-state index contributed by atoms with van der Waals surface area (Å²) in [6, 6.07) is 0.0196. The van der Waals surface area contributed by atoms with E-state index in [1.165, 1.54) is 5.57 Å². The maximum Gasteiger partial charge on any atom is 0.410 e. The van der Waals surface area contributed by atoms with Gasteiger partial charge in [0.05, 0.1) is 12.1 Å². The summed E-state index contributed by atoms with van der Waals surface area (Å²) in [5.74, 6) is 0.177. The Morgan fingerprint density at radius 1 is 1.67 bits per heavy atom. The third-order valence-corrected chi connectivity index (χ3v) is 3.83. The SMILES string of the molecule is CC[C@@H]1C2=CCCN3C(=O)O[C@@H]([C@@H]1O)[C@H]23. The average molecular weight is 209 g/mol. The molecule has 0 radical (unpaired) electrons. The lowest BCUT2D eigenvalue weighted by Crippen LogP contribution is -2.39. The Morgan fingerprint density at radius 3 is 3.20 bits per heavy atom. The van der Waals surface area contributed by atoms with Crippen LogP contribution in [0.25, 0.3) is 0 Å². The Kier molecular flexibility index (Phi) is 1.83. The molecule has 2 aliphatic heterocycles. The maximum absolute atomic E-state index is 11.5. The number of hydrogen-bond donors (Lipinski definition) is 1. The van der Waals surface area contributed by atoms with Crippen molar-refractivity contribution >= 4 is 6.09 Å². The number of amides is 1. The van der Waals surface area contributed by atoms with Crippen molar-refractivity contribution < 1.29 is 14.6 Å². The van der Waals surface area contributed by atoms with Gasteiger partial charge in [-0.3, -0.25) is 4.90 Å². The van der Waals surface area contributed by atoms with Crippen LogP contribution in [0.5, 0.6) is 0 Å². The zero-order valence-corrected chi connectivity index (χ0v) is 8.72. The standard InChI is InChI=1S/C11H15NO3/c1-2-6-7-4-3-5-12-8(7)10(9(6)13)15-11(12)14/h4,6,8-10,13H,2-3,5H2,1H3/t6-,8+,9-,10-/m1/s1. The monoisotopic (exact) mass is 209 g/mol. The minimum atomic E-state index is -0.515. The first kappa shape index (κ1) is 9.21. The van der Waals surface area contributed by atoms with Crippen molar-refractivity contribution in [3.63, 3.8) is 0 Å². The summed E-state index contributed by atoms with van der Waals surface area (Å²) in [5, 5.41) is 10.1. The third-order valence-electron chi connectivity index (χ3n) is 3.83. The van der Waals surface area contributed by atoms with Crippen LogP contribution < -0.4 is 0 Å². The summed E-state index contributed by atoms with van der Waals surface area (Å²) in [7, 11) is 0. The Balaban J connectivity index is 2.02. The van der Waals surface area contributed by atoms with E-state index < -0.39 is 6.10 Å². The highest BCUT2D eigenvalue weighted by atomic mass is 16.6. The minimum absolute atomic E-state index is 0.0196. The number of aliphatic hydroxyl groups excluding tert-OH is 1. The number of hydrogen-bond acceptors (Lipinski definition) is 3. The molecule has 3 aliphatic rings. The van der Waals surface area contributed by atoms with Crippen LogP contribution in [0, 0.1) is 5.92 Å². The van der Waals surface area contributed by atoms with Gasteiger partial charge in [-0.05, 0) is 18.4 Å². The van der Waals surface area contributed by atoms with Crippen molar-refractivity contribution in [3.05, 3.63) is 11.6 Å². The van der Waals surface area contributed by atoms with Gasteiger partial charge in [0.2, 0.25) is 0 Å². The van der Waals surface area contributed by atoms with Crippen molar-refractivity contribution in [3.8, 4) is 0 Å². The molecule has 1 amide bonds. The highest BCUT2D eigenvalue weighted by Crippen LogP contribution is 2.44. The number of carbonyl (C=O) groups is 1. The number of carbonyl (C=O) groups excluding carboxylic acids is 1. The Hall–Kier alpha value is -1.03. The summed E-state index contributed by atoms with van der Waals surface area (Å²) in [6.45, 7) is 2.79. The predicted molar refractivity (Wildman–Crippen MR) is 53.3 cm³/mol. The Morgan fingerprint density at radius 2 is 2.47 bits per heavy atom. The fourth-order valence-corrected chi connectivity index (χ4v) is 3.16. The van der Waals surface area contributed by atoms with Crippen molar-refractivity contribution in [2.24, 2.45) is 5.92 Å². The van der Waals surface area contributed by atoms with E-state index in [1.807, 2.05) is 0 Å². The smallest absolute Gasteiger partial charge is 0.410 e. The summed E-state index contributed by atoms with van der Waals surface area (Å²) in [4.78, 5) is 13.3. The summed E-state index contributed by atoms with van der Waals surface area (Å²) in [6.07, 6.45) is 2.87. The molecule has 4 atom stereocenters. The third kappa shape index (κ3) is 1.03. The number of nitrogens with zero attached hydrogens (tertiary/aromatic N) is 1. The van der Waals surface area contributed by atoms with E-state index >= 15 is 0 Å². The van der Waals surface area contributed by atoms with E-state index in [4.69, 9.17) is 4.74 Å². The van der Waals surface area contributed by atoms with Gasteiger partial charge >= 0.3 is 6.09 Å². The predicted octanol–water partition coefficient (Wildman–Crippen LogP) is 0.907. The molecule has 1 N–H and O–H groups in total. The zero-order valence-electron chi connectivity index (χ0n) is 8.72. The molecule has 3 rings (SSSR count). The molecular formula is C11H15NO3. The average Bonchev–Trinajstić information content (AvgIpc) is 2.70. The molecule has 1 saturated heterocycles. The van der Waals surface area contributed by atoms with Gasteiger partial charge in [0.25, 0.3) is 0 Å². The van der Waals surface area contributed by atoms with Crippen LogP contribution in [0.3, 0.4) is 0 Å². The van der Waals surface area contributed by atoms with E-state index in [1.54, 1.807) is 4.90 Å². The second kappa shape index (κ2) is 2.98. The topological polar surface area (TPSA) is 49.8 Å².